The van der Waals surface area contributed by atoms with Crippen molar-refractivity contribution in [2.24, 2.45) is 0 Å². The monoisotopic (exact) mass is 336 g/mol. The van der Waals surface area contributed by atoms with Crippen molar-refractivity contribution in [3.05, 3.63) is 53.9 Å². The standard InChI is InChI=1S/C21H28N4/c1-5-24(6-2)14-19-21(17-9-7-16(8-10-17)15(3)4)23-20-12-11-18(22)13-25(19)20/h7-13,15H,5-6,14,22H2,1-4H3. The van der Waals surface area contributed by atoms with Crippen LogP contribution in [0.25, 0.3) is 16.9 Å². The second-order valence-electron chi connectivity index (χ2n) is 6.84. The summed E-state index contributed by atoms with van der Waals surface area (Å²) in [6.07, 6.45) is 1.98. The highest BCUT2D eigenvalue weighted by Crippen LogP contribution is 2.28. The van der Waals surface area contributed by atoms with Crippen LogP contribution in [0.3, 0.4) is 0 Å². The van der Waals surface area contributed by atoms with E-state index in [0.717, 1.165) is 42.2 Å². The quantitative estimate of drug-likeness (QED) is 0.718. The molecule has 0 atom stereocenters. The zero-order valence-electron chi connectivity index (χ0n) is 15.7. The van der Waals surface area contributed by atoms with Crippen molar-refractivity contribution in [3.8, 4) is 11.3 Å². The van der Waals surface area contributed by atoms with E-state index in [-0.39, 0.29) is 0 Å². The maximum atomic E-state index is 6.03. The number of anilines is 1. The van der Waals surface area contributed by atoms with E-state index in [9.17, 15) is 0 Å². The van der Waals surface area contributed by atoms with E-state index in [0.29, 0.717) is 5.92 Å². The van der Waals surface area contributed by atoms with Crippen LogP contribution in [-0.2, 0) is 6.54 Å². The highest BCUT2D eigenvalue weighted by molar-refractivity contribution is 5.67. The number of hydrogen-bond acceptors (Lipinski definition) is 3. The lowest BCUT2D eigenvalue weighted by Crippen LogP contribution is -2.23. The summed E-state index contributed by atoms with van der Waals surface area (Å²) in [6, 6.07) is 12.7. The molecule has 0 fully saturated rings. The van der Waals surface area contributed by atoms with Crippen molar-refractivity contribution in [2.75, 3.05) is 18.8 Å². The molecule has 2 N–H and O–H groups in total. The Kier molecular flexibility index (Phi) is 5.09. The lowest BCUT2D eigenvalue weighted by molar-refractivity contribution is 0.292. The number of pyridine rings is 1. The summed E-state index contributed by atoms with van der Waals surface area (Å²) in [5, 5.41) is 0. The number of rotatable bonds is 6. The third kappa shape index (κ3) is 3.54. The van der Waals surface area contributed by atoms with Gasteiger partial charge in [-0.3, -0.25) is 4.90 Å². The predicted octanol–water partition coefficient (Wildman–Crippen LogP) is 4.55. The van der Waals surface area contributed by atoms with Gasteiger partial charge in [-0.1, -0.05) is 52.0 Å². The van der Waals surface area contributed by atoms with Crippen molar-refractivity contribution < 1.29 is 0 Å². The van der Waals surface area contributed by atoms with E-state index < -0.39 is 0 Å². The second kappa shape index (κ2) is 7.28. The van der Waals surface area contributed by atoms with Crippen molar-refractivity contribution >= 4 is 11.3 Å². The first-order valence-corrected chi connectivity index (χ1v) is 9.12. The molecular formula is C21H28N4. The molecular weight excluding hydrogens is 308 g/mol. The molecule has 0 saturated carbocycles. The highest BCUT2D eigenvalue weighted by atomic mass is 15.1. The van der Waals surface area contributed by atoms with Gasteiger partial charge >= 0.3 is 0 Å². The lowest BCUT2D eigenvalue weighted by Gasteiger charge is -2.19. The van der Waals surface area contributed by atoms with Gasteiger partial charge in [0, 0.05) is 24.0 Å². The van der Waals surface area contributed by atoms with Crippen LogP contribution >= 0.6 is 0 Å². The number of benzene rings is 1. The minimum absolute atomic E-state index is 0.532. The summed E-state index contributed by atoms with van der Waals surface area (Å²) in [7, 11) is 0. The molecule has 1 aromatic carbocycles. The summed E-state index contributed by atoms with van der Waals surface area (Å²) in [6.45, 7) is 11.7. The molecule has 3 aromatic rings. The van der Waals surface area contributed by atoms with Gasteiger partial charge in [-0.25, -0.2) is 4.98 Å². The fourth-order valence-corrected chi connectivity index (χ4v) is 3.18. The average molecular weight is 336 g/mol. The Morgan fingerprint density at radius 3 is 2.32 bits per heavy atom. The zero-order chi connectivity index (χ0) is 18.0. The van der Waals surface area contributed by atoms with Gasteiger partial charge in [0.15, 0.2) is 0 Å². The summed E-state index contributed by atoms with van der Waals surface area (Å²) in [5.41, 5.74) is 12.5. The maximum absolute atomic E-state index is 6.03. The molecule has 4 nitrogen and oxygen atoms in total. The number of nitrogens with two attached hydrogens (primary N) is 1. The molecule has 132 valence electrons. The normalized spacial score (nSPS) is 11.8. The van der Waals surface area contributed by atoms with Gasteiger partial charge in [-0.15, -0.1) is 0 Å². The molecule has 4 heteroatoms. The van der Waals surface area contributed by atoms with Crippen LogP contribution in [0, 0.1) is 0 Å². The van der Waals surface area contributed by atoms with Gasteiger partial charge < -0.3 is 10.1 Å². The first kappa shape index (κ1) is 17.5. The molecule has 0 aliphatic carbocycles. The number of fused-ring (bicyclic) bond motifs is 1. The number of hydrogen-bond donors (Lipinski definition) is 1. The molecule has 0 aliphatic heterocycles. The first-order chi connectivity index (χ1) is 12.0. The van der Waals surface area contributed by atoms with Crippen LogP contribution in [0.4, 0.5) is 5.69 Å². The average Bonchev–Trinajstić information content (AvgIpc) is 2.97. The fourth-order valence-electron chi connectivity index (χ4n) is 3.18. The summed E-state index contributed by atoms with van der Waals surface area (Å²) in [5.74, 6) is 0.532. The van der Waals surface area contributed by atoms with E-state index in [4.69, 9.17) is 10.7 Å². The molecule has 0 spiro atoms. The Bertz CT molecular complexity index is 842. The highest BCUT2D eigenvalue weighted by Gasteiger charge is 2.16. The van der Waals surface area contributed by atoms with Crippen LogP contribution in [-0.4, -0.2) is 27.4 Å². The fraction of sp³-hybridized carbons (Fsp3) is 0.381. The van der Waals surface area contributed by atoms with Crippen LogP contribution in [0.15, 0.2) is 42.6 Å². The van der Waals surface area contributed by atoms with Gasteiger partial charge in [-0.05, 0) is 36.7 Å². The van der Waals surface area contributed by atoms with Gasteiger partial charge in [0.25, 0.3) is 0 Å². The van der Waals surface area contributed by atoms with Crippen molar-refractivity contribution in [2.45, 2.75) is 40.2 Å². The lowest BCUT2D eigenvalue weighted by atomic mass is 10.0. The maximum Gasteiger partial charge on any atom is 0.137 e. The van der Waals surface area contributed by atoms with Crippen LogP contribution in [0.5, 0.6) is 0 Å². The number of imidazole rings is 1. The van der Waals surface area contributed by atoms with E-state index in [1.54, 1.807) is 0 Å². The van der Waals surface area contributed by atoms with Gasteiger partial charge in [0.2, 0.25) is 0 Å². The van der Waals surface area contributed by atoms with E-state index >= 15 is 0 Å². The Hall–Kier alpha value is -2.33. The smallest absolute Gasteiger partial charge is 0.137 e. The Balaban J connectivity index is 2.12. The third-order valence-corrected chi connectivity index (χ3v) is 4.86. The van der Waals surface area contributed by atoms with Crippen molar-refractivity contribution in [1.29, 1.82) is 0 Å². The van der Waals surface area contributed by atoms with E-state index in [1.165, 1.54) is 11.3 Å². The van der Waals surface area contributed by atoms with Crippen LogP contribution in [0.2, 0.25) is 0 Å². The minimum Gasteiger partial charge on any atom is -0.398 e. The molecule has 2 heterocycles. The molecule has 3 rings (SSSR count). The van der Waals surface area contributed by atoms with Gasteiger partial charge in [0.05, 0.1) is 11.4 Å². The summed E-state index contributed by atoms with van der Waals surface area (Å²) in [4.78, 5) is 7.30. The third-order valence-electron chi connectivity index (χ3n) is 4.86. The molecule has 0 bridgehead atoms. The van der Waals surface area contributed by atoms with E-state index in [2.05, 4.69) is 61.3 Å². The molecule has 0 unspecified atom stereocenters. The minimum atomic E-state index is 0.532. The predicted molar refractivity (Wildman–Crippen MR) is 106 cm³/mol. The summed E-state index contributed by atoms with van der Waals surface area (Å²) < 4.78 is 2.14. The largest absolute Gasteiger partial charge is 0.398 e. The Morgan fingerprint density at radius 1 is 1.04 bits per heavy atom. The zero-order valence-corrected chi connectivity index (χ0v) is 15.7. The van der Waals surface area contributed by atoms with E-state index in [1.807, 2.05) is 18.3 Å². The molecule has 0 amide bonds. The molecule has 25 heavy (non-hydrogen) atoms. The number of nitrogens with zero attached hydrogens (tertiary/aromatic N) is 3. The Morgan fingerprint density at radius 2 is 1.72 bits per heavy atom. The second-order valence-corrected chi connectivity index (χ2v) is 6.84. The molecule has 0 saturated heterocycles. The molecule has 0 radical (unpaired) electrons. The van der Waals surface area contributed by atoms with Gasteiger partial charge in [-0.2, -0.15) is 0 Å². The van der Waals surface area contributed by atoms with Crippen molar-refractivity contribution in [3.63, 3.8) is 0 Å². The summed E-state index contributed by atoms with van der Waals surface area (Å²) >= 11 is 0. The topological polar surface area (TPSA) is 46.6 Å². The van der Waals surface area contributed by atoms with Crippen LogP contribution < -0.4 is 5.73 Å². The number of aromatic nitrogens is 2. The molecule has 2 aromatic heterocycles. The van der Waals surface area contributed by atoms with Gasteiger partial charge in [0.1, 0.15) is 5.65 Å². The SMILES string of the molecule is CCN(CC)Cc1c(-c2ccc(C(C)C)cc2)nc2ccc(N)cn12. The first-order valence-electron chi connectivity index (χ1n) is 9.12. The number of nitrogen functional groups attached to an aromatic ring is 1. The molecule has 0 aliphatic rings. The Labute approximate surface area is 150 Å². The van der Waals surface area contributed by atoms with Crippen LogP contribution in [0.1, 0.15) is 44.9 Å². The van der Waals surface area contributed by atoms with Crippen molar-refractivity contribution in [1.82, 2.24) is 14.3 Å².